The SMILES string of the molecule is COc1ccccc1NC(=S)NC(=O)c1cccc2c(Cl)cccc12. The third-order valence-corrected chi connectivity index (χ3v) is 4.23. The van der Waals surface area contributed by atoms with Gasteiger partial charge in [0.15, 0.2) is 5.11 Å². The zero-order valence-electron chi connectivity index (χ0n) is 13.4. The van der Waals surface area contributed by atoms with Gasteiger partial charge in [-0.3, -0.25) is 10.1 Å². The number of para-hydroxylation sites is 2. The summed E-state index contributed by atoms with van der Waals surface area (Å²) in [5, 5.41) is 8.04. The summed E-state index contributed by atoms with van der Waals surface area (Å²) in [4.78, 5) is 12.6. The molecule has 25 heavy (non-hydrogen) atoms. The third kappa shape index (κ3) is 3.73. The first-order valence-electron chi connectivity index (χ1n) is 7.52. The van der Waals surface area contributed by atoms with Gasteiger partial charge in [0.05, 0.1) is 12.8 Å². The van der Waals surface area contributed by atoms with E-state index in [0.29, 0.717) is 22.0 Å². The van der Waals surface area contributed by atoms with Crippen LogP contribution < -0.4 is 15.4 Å². The fraction of sp³-hybridized carbons (Fsp3) is 0.0526. The van der Waals surface area contributed by atoms with Gasteiger partial charge >= 0.3 is 0 Å². The third-order valence-electron chi connectivity index (χ3n) is 3.70. The number of hydrogen-bond donors (Lipinski definition) is 2. The van der Waals surface area contributed by atoms with Crippen LogP contribution in [0.5, 0.6) is 5.75 Å². The van der Waals surface area contributed by atoms with Crippen molar-refractivity contribution in [2.75, 3.05) is 12.4 Å². The second kappa shape index (κ2) is 7.51. The van der Waals surface area contributed by atoms with Crippen LogP contribution in [-0.4, -0.2) is 18.1 Å². The Bertz CT molecular complexity index is 959. The minimum Gasteiger partial charge on any atom is -0.495 e. The van der Waals surface area contributed by atoms with Crippen molar-refractivity contribution in [3.05, 3.63) is 71.2 Å². The lowest BCUT2D eigenvalue weighted by Crippen LogP contribution is -2.34. The van der Waals surface area contributed by atoms with Gasteiger partial charge in [-0.05, 0) is 41.9 Å². The molecule has 3 rings (SSSR count). The maximum absolute atomic E-state index is 12.6. The van der Waals surface area contributed by atoms with E-state index in [2.05, 4.69) is 10.6 Å². The molecule has 0 aliphatic heterocycles. The number of thiocarbonyl (C=S) groups is 1. The Hall–Kier alpha value is -2.63. The van der Waals surface area contributed by atoms with Crippen LogP contribution in [0.1, 0.15) is 10.4 Å². The summed E-state index contributed by atoms with van der Waals surface area (Å²) in [6.07, 6.45) is 0. The highest BCUT2D eigenvalue weighted by atomic mass is 35.5. The first-order valence-corrected chi connectivity index (χ1v) is 8.31. The molecule has 0 bridgehead atoms. The largest absolute Gasteiger partial charge is 0.495 e. The summed E-state index contributed by atoms with van der Waals surface area (Å²) >= 11 is 11.4. The second-order valence-corrected chi connectivity index (χ2v) is 6.06. The molecule has 3 aromatic rings. The average Bonchev–Trinajstić information content (AvgIpc) is 2.62. The number of rotatable bonds is 3. The minimum absolute atomic E-state index is 0.188. The predicted octanol–water partition coefficient (Wildman–Crippen LogP) is 4.63. The smallest absolute Gasteiger partial charge is 0.258 e. The number of fused-ring (bicyclic) bond motifs is 1. The van der Waals surface area contributed by atoms with Gasteiger partial charge in [-0.1, -0.05) is 48.0 Å². The fourth-order valence-electron chi connectivity index (χ4n) is 2.54. The summed E-state index contributed by atoms with van der Waals surface area (Å²) in [6.45, 7) is 0. The van der Waals surface area contributed by atoms with Crippen molar-refractivity contribution in [1.82, 2.24) is 5.32 Å². The van der Waals surface area contributed by atoms with Crippen LogP contribution in [0, 0.1) is 0 Å². The Balaban J connectivity index is 1.81. The molecule has 0 spiro atoms. The Morgan fingerprint density at radius 2 is 1.72 bits per heavy atom. The summed E-state index contributed by atoms with van der Waals surface area (Å²) in [5.74, 6) is 0.330. The molecule has 0 heterocycles. The minimum atomic E-state index is -0.305. The van der Waals surface area contributed by atoms with E-state index in [1.807, 2.05) is 36.4 Å². The molecule has 1 amide bonds. The van der Waals surface area contributed by atoms with E-state index in [4.69, 9.17) is 28.6 Å². The molecule has 0 unspecified atom stereocenters. The standard InChI is InChI=1S/C19H15ClN2O2S/c1-24-17-11-3-2-10-16(17)21-19(25)22-18(23)14-8-4-7-13-12(14)6-5-9-15(13)20/h2-11H,1H3,(H2,21,22,23,25). The molecule has 0 saturated heterocycles. The van der Waals surface area contributed by atoms with E-state index in [-0.39, 0.29) is 11.0 Å². The van der Waals surface area contributed by atoms with Gasteiger partial charge < -0.3 is 10.1 Å². The van der Waals surface area contributed by atoms with Crippen LogP contribution in [0.4, 0.5) is 5.69 Å². The van der Waals surface area contributed by atoms with Crippen LogP contribution in [0.25, 0.3) is 10.8 Å². The molecule has 6 heteroatoms. The molecule has 0 aliphatic carbocycles. The number of nitrogens with one attached hydrogen (secondary N) is 2. The number of methoxy groups -OCH3 is 1. The van der Waals surface area contributed by atoms with Gasteiger partial charge in [0.1, 0.15) is 5.75 Å². The molecule has 0 atom stereocenters. The van der Waals surface area contributed by atoms with Crippen LogP contribution in [-0.2, 0) is 0 Å². The number of hydrogen-bond acceptors (Lipinski definition) is 3. The van der Waals surface area contributed by atoms with Gasteiger partial charge in [0.25, 0.3) is 5.91 Å². The van der Waals surface area contributed by atoms with Crippen LogP contribution in [0.15, 0.2) is 60.7 Å². The number of amides is 1. The van der Waals surface area contributed by atoms with Crippen LogP contribution in [0.3, 0.4) is 0 Å². The zero-order chi connectivity index (χ0) is 17.8. The van der Waals surface area contributed by atoms with Gasteiger partial charge in [-0.25, -0.2) is 0 Å². The number of anilines is 1. The van der Waals surface area contributed by atoms with Crippen molar-refractivity contribution in [3.8, 4) is 5.75 Å². The van der Waals surface area contributed by atoms with E-state index < -0.39 is 0 Å². The van der Waals surface area contributed by atoms with Crippen molar-refractivity contribution >= 4 is 51.3 Å². The number of carbonyl (C=O) groups excluding carboxylic acids is 1. The van der Waals surface area contributed by atoms with Gasteiger partial charge in [0, 0.05) is 16.0 Å². The molecule has 4 nitrogen and oxygen atoms in total. The summed E-state index contributed by atoms with van der Waals surface area (Å²) in [5.41, 5.74) is 1.18. The second-order valence-electron chi connectivity index (χ2n) is 5.25. The van der Waals surface area contributed by atoms with E-state index in [0.717, 1.165) is 10.8 Å². The molecule has 0 radical (unpaired) electrons. The normalized spacial score (nSPS) is 10.3. The quantitative estimate of drug-likeness (QED) is 0.660. The molecule has 2 N–H and O–H groups in total. The molecule has 126 valence electrons. The maximum Gasteiger partial charge on any atom is 0.258 e. The number of carbonyl (C=O) groups is 1. The molecule has 0 aliphatic rings. The Morgan fingerprint density at radius 3 is 2.52 bits per heavy atom. The highest BCUT2D eigenvalue weighted by Crippen LogP contribution is 2.26. The molecular formula is C19H15ClN2O2S. The average molecular weight is 371 g/mol. The van der Waals surface area contributed by atoms with Crippen molar-refractivity contribution in [1.29, 1.82) is 0 Å². The van der Waals surface area contributed by atoms with Gasteiger partial charge in [-0.2, -0.15) is 0 Å². The summed E-state index contributed by atoms with van der Waals surface area (Å²) < 4.78 is 5.26. The number of benzene rings is 3. The molecule has 0 saturated carbocycles. The van der Waals surface area contributed by atoms with Crippen molar-refractivity contribution in [3.63, 3.8) is 0 Å². The van der Waals surface area contributed by atoms with E-state index >= 15 is 0 Å². The predicted molar refractivity (Wildman–Crippen MR) is 106 cm³/mol. The zero-order valence-corrected chi connectivity index (χ0v) is 14.9. The topological polar surface area (TPSA) is 50.4 Å². The van der Waals surface area contributed by atoms with Gasteiger partial charge in [0.2, 0.25) is 0 Å². The van der Waals surface area contributed by atoms with E-state index in [1.165, 1.54) is 0 Å². The van der Waals surface area contributed by atoms with E-state index in [9.17, 15) is 4.79 Å². The maximum atomic E-state index is 12.6. The highest BCUT2D eigenvalue weighted by molar-refractivity contribution is 7.80. The Kier molecular flexibility index (Phi) is 5.16. The lowest BCUT2D eigenvalue weighted by atomic mass is 10.0. The fourth-order valence-corrected chi connectivity index (χ4v) is 2.98. The summed E-state index contributed by atoms with van der Waals surface area (Å²) in [7, 11) is 1.57. The number of halogens is 1. The van der Waals surface area contributed by atoms with Gasteiger partial charge in [-0.15, -0.1) is 0 Å². The van der Waals surface area contributed by atoms with E-state index in [1.54, 1.807) is 31.4 Å². The number of ether oxygens (including phenoxy) is 1. The Morgan fingerprint density at radius 1 is 1.00 bits per heavy atom. The Labute approximate surface area is 155 Å². The first-order chi connectivity index (χ1) is 12.1. The highest BCUT2D eigenvalue weighted by Gasteiger charge is 2.13. The van der Waals surface area contributed by atoms with Crippen LogP contribution in [0.2, 0.25) is 5.02 Å². The van der Waals surface area contributed by atoms with Crippen molar-refractivity contribution in [2.45, 2.75) is 0 Å². The lowest BCUT2D eigenvalue weighted by Gasteiger charge is -2.13. The molecule has 0 fully saturated rings. The van der Waals surface area contributed by atoms with Crippen LogP contribution >= 0.6 is 23.8 Å². The molecule has 0 aromatic heterocycles. The monoisotopic (exact) mass is 370 g/mol. The molecular weight excluding hydrogens is 356 g/mol. The lowest BCUT2D eigenvalue weighted by molar-refractivity contribution is 0.0979. The van der Waals surface area contributed by atoms with Crippen molar-refractivity contribution in [2.24, 2.45) is 0 Å². The van der Waals surface area contributed by atoms with Crippen molar-refractivity contribution < 1.29 is 9.53 Å². The first kappa shape index (κ1) is 17.2. The summed E-state index contributed by atoms with van der Waals surface area (Å²) in [6, 6.07) is 18.2. The molecule has 3 aromatic carbocycles.